The minimum absolute atomic E-state index is 0.0844. The van der Waals surface area contributed by atoms with Crippen molar-refractivity contribution in [2.45, 2.75) is 18.7 Å². The Morgan fingerprint density at radius 2 is 1.62 bits per heavy atom. The van der Waals surface area contributed by atoms with Crippen molar-refractivity contribution in [3.8, 4) is 0 Å². The predicted octanol–water partition coefficient (Wildman–Crippen LogP) is 3.63. The van der Waals surface area contributed by atoms with Gasteiger partial charge >= 0.3 is 0 Å². The van der Waals surface area contributed by atoms with E-state index in [0.717, 1.165) is 15.1 Å². The van der Waals surface area contributed by atoms with Crippen LogP contribution in [0.4, 0.5) is 4.39 Å². The smallest absolute Gasteiger partial charge is 0.238 e. The second-order valence-electron chi connectivity index (χ2n) is 5.11. The lowest BCUT2D eigenvalue weighted by molar-refractivity contribution is 0.586. The van der Waals surface area contributed by atoms with E-state index in [2.05, 4.69) is 0 Å². The second kappa shape index (κ2) is 4.70. The molecule has 3 aromatic rings. The van der Waals surface area contributed by atoms with Gasteiger partial charge < -0.3 is 0 Å². The summed E-state index contributed by atoms with van der Waals surface area (Å²) in [5, 5.41) is 0.572. The zero-order valence-electron chi connectivity index (χ0n) is 11.7. The van der Waals surface area contributed by atoms with Gasteiger partial charge in [-0.3, -0.25) is 0 Å². The van der Waals surface area contributed by atoms with Crippen LogP contribution in [0.5, 0.6) is 0 Å². The third-order valence-corrected chi connectivity index (χ3v) is 5.11. The van der Waals surface area contributed by atoms with E-state index in [9.17, 15) is 12.8 Å². The Labute approximate surface area is 122 Å². The maximum Gasteiger partial charge on any atom is 0.268 e. The molecule has 5 heteroatoms. The van der Waals surface area contributed by atoms with Crippen LogP contribution in [0.15, 0.2) is 53.6 Å². The van der Waals surface area contributed by atoms with Gasteiger partial charge in [0.2, 0.25) is 0 Å². The number of hydrogen-bond donors (Lipinski definition) is 0. The lowest BCUT2D eigenvalue weighted by atomic mass is 10.2. The minimum Gasteiger partial charge on any atom is -0.238 e. The average molecular weight is 303 g/mol. The van der Waals surface area contributed by atoms with Crippen LogP contribution in [0.1, 0.15) is 11.1 Å². The van der Waals surface area contributed by atoms with E-state index in [0.29, 0.717) is 5.39 Å². The van der Waals surface area contributed by atoms with Crippen molar-refractivity contribution in [3.05, 3.63) is 65.6 Å². The van der Waals surface area contributed by atoms with Gasteiger partial charge in [0.1, 0.15) is 5.82 Å². The summed E-state index contributed by atoms with van der Waals surface area (Å²) in [7, 11) is -3.80. The molecule has 3 nitrogen and oxygen atoms in total. The largest absolute Gasteiger partial charge is 0.268 e. The fourth-order valence-corrected chi connectivity index (χ4v) is 3.73. The molecule has 0 bridgehead atoms. The van der Waals surface area contributed by atoms with Gasteiger partial charge in [-0.2, -0.15) is 0 Å². The highest BCUT2D eigenvalue weighted by molar-refractivity contribution is 7.90. The Kier molecular flexibility index (Phi) is 3.10. The maximum absolute atomic E-state index is 14.2. The molecule has 0 spiro atoms. The molecule has 0 aliphatic rings. The van der Waals surface area contributed by atoms with Gasteiger partial charge in [-0.15, -0.1) is 0 Å². The topological polar surface area (TPSA) is 39.1 Å². The molecule has 108 valence electrons. The summed E-state index contributed by atoms with van der Waals surface area (Å²) < 4.78 is 40.5. The summed E-state index contributed by atoms with van der Waals surface area (Å²) in [4.78, 5) is 0.144. The Morgan fingerprint density at radius 1 is 0.952 bits per heavy atom. The zero-order chi connectivity index (χ0) is 15.2. The Morgan fingerprint density at radius 3 is 2.29 bits per heavy atom. The van der Waals surface area contributed by atoms with E-state index in [1.807, 2.05) is 6.92 Å². The maximum atomic E-state index is 14.2. The third kappa shape index (κ3) is 2.23. The van der Waals surface area contributed by atoms with Crippen molar-refractivity contribution in [2.24, 2.45) is 0 Å². The quantitative estimate of drug-likeness (QED) is 0.725. The number of fused-ring (bicyclic) bond motifs is 1. The summed E-state index contributed by atoms with van der Waals surface area (Å²) in [6.45, 7) is 3.65. The molecule has 1 aromatic heterocycles. The first kappa shape index (κ1) is 13.8. The summed E-state index contributed by atoms with van der Waals surface area (Å²) in [5.41, 5.74) is 1.81. The molecule has 0 unspecified atom stereocenters. The first-order chi connectivity index (χ1) is 9.89. The van der Waals surface area contributed by atoms with Gasteiger partial charge in [-0.25, -0.2) is 16.8 Å². The van der Waals surface area contributed by atoms with Crippen LogP contribution >= 0.6 is 0 Å². The summed E-state index contributed by atoms with van der Waals surface area (Å²) in [6, 6.07) is 11.2. The third-order valence-electron chi connectivity index (χ3n) is 3.42. The highest BCUT2D eigenvalue weighted by Gasteiger charge is 2.20. The van der Waals surface area contributed by atoms with Crippen molar-refractivity contribution < 1.29 is 12.8 Å². The molecule has 21 heavy (non-hydrogen) atoms. The van der Waals surface area contributed by atoms with Crippen molar-refractivity contribution in [2.75, 3.05) is 0 Å². The molecule has 0 N–H and O–H groups in total. The second-order valence-corrected chi connectivity index (χ2v) is 6.93. The predicted molar refractivity (Wildman–Crippen MR) is 80.4 cm³/mol. The van der Waals surface area contributed by atoms with Gasteiger partial charge in [0, 0.05) is 11.6 Å². The van der Waals surface area contributed by atoms with E-state index in [4.69, 9.17) is 0 Å². The van der Waals surface area contributed by atoms with E-state index in [1.165, 1.54) is 24.4 Å². The van der Waals surface area contributed by atoms with Gasteiger partial charge in [-0.05, 0) is 49.7 Å². The lowest BCUT2D eigenvalue weighted by Crippen LogP contribution is -2.12. The molecule has 3 rings (SSSR count). The normalized spacial score (nSPS) is 12.0. The lowest BCUT2D eigenvalue weighted by Gasteiger charge is -2.09. The molecule has 0 amide bonds. The van der Waals surface area contributed by atoms with E-state index < -0.39 is 15.8 Å². The number of benzene rings is 2. The number of hydrogen-bond acceptors (Lipinski definition) is 2. The fraction of sp³-hybridized carbons (Fsp3) is 0.125. The Hall–Kier alpha value is -2.14. The average Bonchev–Trinajstić information content (AvgIpc) is 2.83. The molecule has 2 aromatic carbocycles. The summed E-state index contributed by atoms with van der Waals surface area (Å²) in [5.74, 6) is -0.536. The molecule has 0 atom stereocenters. The summed E-state index contributed by atoms with van der Waals surface area (Å²) >= 11 is 0. The summed E-state index contributed by atoms with van der Waals surface area (Å²) in [6.07, 6.45) is 1.39. The molecule has 0 fully saturated rings. The van der Waals surface area contributed by atoms with E-state index in [1.54, 1.807) is 31.2 Å². The van der Waals surface area contributed by atoms with Crippen LogP contribution in [-0.4, -0.2) is 12.4 Å². The molecule has 0 radical (unpaired) electrons. The highest BCUT2D eigenvalue weighted by atomic mass is 32.2. The Balaban J connectivity index is 2.27. The SMILES string of the molecule is Cc1ccc(S(=O)(=O)n2ccc3cc(C)cc(F)c32)cc1. The van der Waals surface area contributed by atoms with E-state index >= 15 is 0 Å². The van der Waals surface area contributed by atoms with Crippen molar-refractivity contribution in [1.82, 2.24) is 3.97 Å². The molecule has 1 heterocycles. The molecule has 0 aliphatic heterocycles. The molecule has 0 saturated heterocycles. The number of aryl methyl sites for hydroxylation is 2. The van der Waals surface area contributed by atoms with Crippen molar-refractivity contribution in [3.63, 3.8) is 0 Å². The molecular formula is C16H14FNO2S. The van der Waals surface area contributed by atoms with E-state index in [-0.39, 0.29) is 10.4 Å². The van der Waals surface area contributed by atoms with Crippen LogP contribution < -0.4 is 0 Å². The van der Waals surface area contributed by atoms with Gasteiger partial charge in [0.05, 0.1) is 10.4 Å². The monoisotopic (exact) mass is 303 g/mol. The molecule has 0 aliphatic carbocycles. The van der Waals surface area contributed by atoms with Crippen LogP contribution in [-0.2, 0) is 10.0 Å². The molecular weight excluding hydrogens is 289 g/mol. The van der Waals surface area contributed by atoms with Crippen LogP contribution in [0, 0.1) is 19.7 Å². The first-order valence-electron chi connectivity index (χ1n) is 6.49. The van der Waals surface area contributed by atoms with Gasteiger partial charge in [0.15, 0.2) is 0 Å². The zero-order valence-corrected chi connectivity index (χ0v) is 12.5. The number of halogens is 1. The van der Waals surface area contributed by atoms with Gasteiger partial charge in [-0.1, -0.05) is 17.7 Å². The molecule has 0 saturated carbocycles. The fourth-order valence-electron chi connectivity index (χ4n) is 2.37. The van der Waals surface area contributed by atoms with Crippen molar-refractivity contribution >= 4 is 20.9 Å². The number of aromatic nitrogens is 1. The van der Waals surface area contributed by atoms with Crippen LogP contribution in [0.3, 0.4) is 0 Å². The highest BCUT2D eigenvalue weighted by Crippen LogP contribution is 2.25. The van der Waals surface area contributed by atoms with Crippen LogP contribution in [0.25, 0.3) is 10.9 Å². The first-order valence-corrected chi connectivity index (χ1v) is 7.93. The minimum atomic E-state index is -3.80. The van der Waals surface area contributed by atoms with Crippen molar-refractivity contribution in [1.29, 1.82) is 0 Å². The Bertz CT molecular complexity index is 925. The number of nitrogens with zero attached hydrogens (tertiary/aromatic N) is 1. The van der Waals surface area contributed by atoms with Gasteiger partial charge in [0.25, 0.3) is 10.0 Å². The number of rotatable bonds is 2. The van der Waals surface area contributed by atoms with Crippen LogP contribution in [0.2, 0.25) is 0 Å². The standard InChI is InChI=1S/C16H14FNO2S/c1-11-3-5-14(6-4-11)21(19,20)18-8-7-13-9-12(2)10-15(17)16(13)18/h3-10H,1-2H3.